The SMILES string of the molecule is COCCCOC(c1ccccc1C(F)(F)F)C1CCCN(C(=O)N[C@H](CN)CC2CCCCC2)C1. The number of amides is 2. The first-order valence-electron chi connectivity index (χ1n) is 13.4. The molecule has 1 saturated carbocycles. The summed E-state index contributed by atoms with van der Waals surface area (Å²) in [6.07, 6.45) is 3.71. The number of halogens is 3. The molecule has 2 unspecified atom stereocenters. The highest BCUT2D eigenvalue weighted by Crippen LogP contribution is 2.40. The van der Waals surface area contributed by atoms with E-state index >= 15 is 0 Å². The first-order chi connectivity index (χ1) is 17.3. The van der Waals surface area contributed by atoms with Gasteiger partial charge in [-0.25, -0.2) is 4.79 Å². The van der Waals surface area contributed by atoms with Crippen LogP contribution in [0.4, 0.5) is 18.0 Å². The number of nitrogens with zero attached hydrogens (tertiary/aromatic N) is 1. The van der Waals surface area contributed by atoms with Crippen molar-refractivity contribution in [1.82, 2.24) is 10.2 Å². The van der Waals surface area contributed by atoms with Crippen molar-refractivity contribution in [3.8, 4) is 0 Å². The van der Waals surface area contributed by atoms with E-state index in [-0.39, 0.29) is 30.2 Å². The molecular formula is C27H42F3N3O3. The number of ether oxygens (including phenoxy) is 2. The van der Waals surface area contributed by atoms with Gasteiger partial charge in [0.15, 0.2) is 0 Å². The molecule has 0 aromatic heterocycles. The van der Waals surface area contributed by atoms with Gasteiger partial charge in [-0.1, -0.05) is 50.3 Å². The van der Waals surface area contributed by atoms with Crippen LogP contribution in [0.3, 0.4) is 0 Å². The molecule has 1 aliphatic heterocycles. The van der Waals surface area contributed by atoms with Gasteiger partial charge in [0.05, 0.1) is 11.7 Å². The Morgan fingerprint density at radius 1 is 1.14 bits per heavy atom. The Balaban J connectivity index is 1.70. The van der Waals surface area contributed by atoms with E-state index < -0.39 is 17.8 Å². The van der Waals surface area contributed by atoms with Crippen molar-refractivity contribution in [2.45, 2.75) is 76.1 Å². The predicted octanol–water partition coefficient (Wildman–Crippen LogP) is 5.52. The second-order valence-corrected chi connectivity index (χ2v) is 10.2. The van der Waals surface area contributed by atoms with Gasteiger partial charge in [-0.3, -0.25) is 0 Å². The fourth-order valence-corrected chi connectivity index (χ4v) is 5.64. The minimum Gasteiger partial charge on any atom is -0.385 e. The maximum atomic E-state index is 13.8. The molecule has 2 fully saturated rings. The number of nitrogens with one attached hydrogen (secondary N) is 1. The largest absolute Gasteiger partial charge is 0.416 e. The summed E-state index contributed by atoms with van der Waals surface area (Å²) in [5.74, 6) is 0.343. The van der Waals surface area contributed by atoms with Gasteiger partial charge in [-0.2, -0.15) is 13.2 Å². The van der Waals surface area contributed by atoms with Gasteiger partial charge in [0, 0.05) is 51.9 Å². The number of carbonyl (C=O) groups is 1. The molecule has 1 saturated heterocycles. The molecule has 204 valence electrons. The Morgan fingerprint density at radius 3 is 2.58 bits per heavy atom. The summed E-state index contributed by atoms with van der Waals surface area (Å²) in [5.41, 5.74) is 5.44. The lowest BCUT2D eigenvalue weighted by molar-refractivity contribution is -0.140. The molecular weight excluding hydrogens is 471 g/mol. The molecule has 1 aliphatic carbocycles. The molecule has 0 bridgehead atoms. The topological polar surface area (TPSA) is 76.8 Å². The van der Waals surface area contributed by atoms with Crippen LogP contribution in [0.15, 0.2) is 24.3 Å². The number of piperidine rings is 1. The highest BCUT2D eigenvalue weighted by Gasteiger charge is 2.39. The molecule has 3 rings (SSSR count). The minimum atomic E-state index is -4.48. The normalized spacial score (nSPS) is 21.2. The van der Waals surface area contributed by atoms with Gasteiger partial charge in [0.2, 0.25) is 0 Å². The number of carbonyl (C=O) groups excluding carboxylic acids is 1. The second-order valence-electron chi connectivity index (χ2n) is 10.2. The van der Waals surface area contributed by atoms with Crippen LogP contribution in [-0.2, 0) is 15.7 Å². The number of rotatable bonds is 11. The van der Waals surface area contributed by atoms with E-state index in [4.69, 9.17) is 15.2 Å². The molecule has 9 heteroatoms. The molecule has 3 N–H and O–H groups in total. The number of urea groups is 1. The lowest BCUT2D eigenvalue weighted by Gasteiger charge is -2.38. The van der Waals surface area contributed by atoms with E-state index in [0.717, 1.165) is 12.5 Å². The Labute approximate surface area is 213 Å². The zero-order valence-corrected chi connectivity index (χ0v) is 21.4. The van der Waals surface area contributed by atoms with E-state index in [1.165, 1.54) is 44.2 Å². The second kappa shape index (κ2) is 14.2. The van der Waals surface area contributed by atoms with Crippen LogP contribution < -0.4 is 11.1 Å². The number of nitrogens with two attached hydrogens (primary N) is 1. The summed E-state index contributed by atoms with van der Waals surface area (Å²) in [6, 6.07) is 5.33. The van der Waals surface area contributed by atoms with Crippen LogP contribution in [-0.4, -0.2) is 56.9 Å². The molecule has 6 nitrogen and oxygen atoms in total. The molecule has 0 spiro atoms. The first-order valence-corrected chi connectivity index (χ1v) is 13.4. The molecule has 1 aromatic rings. The van der Waals surface area contributed by atoms with Crippen LogP contribution >= 0.6 is 0 Å². The average molecular weight is 514 g/mol. The minimum absolute atomic E-state index is 0.0898. The van der Waals surface area contributed by atoms with Crippen molar-refractivity contribution in [3.63, 3.8) is 0 Å². The molecule has 1 heterocycles. The third-order valence-electron chi connectivity index (χ3n) is 7.49. The smallest absolute Gasteiger partial charge is 0.385 e. The summed E-state index contributed by atoms with van der Waals surface area (Å²) < 4.78 is 52.7. The van der Waals surface area contributed by atoms with Gasteiger partial charge in [-0.15, -0.1) is 0 Å². The highest BCUT2D eigenvalue weighted by atomic mass is 19.4. The van der Waals surface area contributed by atoms with Gasteiger partial charge >= 0.3 is 12.2 Å². The maximum Gasteiger partial charge on any atom is 0.416 e. The average Bonchev–Trinajstić information content (AvgIpc) is 2.88. The lowest BCUT2D eigenvalue weighted by atomic mass is 9.85. The number of methoxy groups -OCH3 is 1. The third kappa shape index (κ3) is 8.35. The van der Waals surface area contributed by atoms with E-state index in [1.807, 2.05) is 0 Å². The maximum absolute atomic E-state index is 13.8. The third-order valence-corrected chi connectivity index (χ3v) is 7.49. The zero-order chi connectivity index (χ0) is 26.0. The van der Waals surface area contributed by atoms with E-state index in [0.29, 0.717) is 51.4 Å². The van der Waals surface area contributed by atoms with Gasteiger partial charge in [0.1, 0.15) is 0 Å². The van der Waals surface area contributed by atoms with Crippen molar-refractivity contribution < 1.29 is 27.4 Å². The van der Waals surface area contributed by atoms with Crippen molar-refractivity contribution in [2.75, 3.05) is 40.0 Å². The molecule has 36 heavy (non-hydrogen) atoms. The van der Waals surface area contributed by atoms with Gasteiger partial charge < -0.3 is 25.4 Å². The van der Waals surface area contributed by atoms with Crippen molar-refractivity contribution in [3.05, 3.63) is 35.4 Å². The molecule has 3 atom stereocenters. The van der Waals surface area contributed by atoms with Crippen LogP contribution in [0, 0.1) is 11.8 Å². The molecule has 1 aromatic carbocycles. The summed E-state index contributed by atoms with van der Waals surface area (Å²) in [7, 11) is 1.58. The quantitative estimate of drug-likeness (QED) is 0.382. The van der Waals surface area contributed by atoms with Crippen LogP contribution in [0.5, 0.6) is 0 Å². The van der Waals surface area contributed by atoms with E-state index in [2.05, 4.69) is 5.32 Å². The van der Waals surface area contributed by atoms with Crippen molar-refractivity contribution in [2.24, 2.45) is 17.6 Å². The van der Waals surface area contributed by atoms with E-state index in [1.54, 1.807) is 18.1 Å². The summed E-state index contributed by atoms with van der Waals surface area (Å²) in [6.45, 7) is 2.04. The molecule has 2 aliphatic rings. The van der Waals surface area contributed by atoms with E-state index in [9.17, 15) is 18.0 Å². The zero-order valence-electron chi connectivity index (χ0n) is 21.4. The summed E-state index contributed by atoms with van der Waals surface area (Å²) in [5, 5.41) is 3.10. The lowest BCUT2D eigenvalue weighted by Crippen LogP contribution is -2.51. The summed E-state index contributed by atoms with van der Waals surface area (Å²) >= 11 is 0. The Morgan fingerprint density at radius 2 is 1.89 bits per heavy atom. The van der Waals surface area contributed by atoms with Crippen LogP contribution in [0.2, 0.25) is 0 Å². The van der Waals surface area contributed by atoms with Crippen molar-refractivity contribution >= 4 is 6.03 Å². The van der Waals surface area contributed by atoms with Crippen molar-refractivity contribution in [1.29, 1.82) is 0 Å². The monoisotopic (exact) mass is 513 g/mol. The Kier molecular flexibility index (Phi) is 11.3. The molecule has 2 amide bonds. The highest BCUT2D eigenvalue weighted by molar-refractivity contribution is 5.74. The first kappa shape index (κ1) is 28.7. The van der Waals surface area contributed by atoms with Crippen LogP contribution in [0.25, 0.3) is 0 Å². The standard InChI is InChI=1S/C27H42F3N3O3/c1-35-15-8-16-36-25(23-12-5-6-13-24(23)27(28,29)30)21-11-7-14-33(19-21)26(34)32-22(18-31)17-20-9-3-2-4-10-20/h5-6,12-13,20-22,25H,2-4,7-11,14-19,31H2,1H3,(H,32,34)/t21?,22-,25?/m0/s1. The number of alkyl halides is 3. The number of benzene rings is 1. The van der Waals surface area contributed by atoms with Gasteiger partial charge in [-0.05, 0) is 43.2 Å². The molecule has 0 radical (unpaired) electrons. The fraction of sp³-hybridized carbons (Fsp3) is 0.741. The summed E-state index contributed by atoms with van der Waals surface area (Å²) in [4.78, 5) is 14.9. The van der Waals surface area contributed by atoms with Gasteiger partial charge in [0.25, 0.3) is 0 Å². The Hall–Kier alpha value is -1.84. The fourth-order valence-electron chi connectivity index (χ4n) is 5.64. The Bertz CT molecular complexity index is 802. The number of hydrogen-bond donors (Lipinski definition) is 2. The number of hydrogen-bond acceptors (Lipinski definition) is 4. The van der Waals surface area contributed by atoms with Crippen LogP contribution in [0.1, 0.15) is 75.0 Å². The number of likely N-dealkylation sites (tertiary alicyclic amines) is 1. The predicted molar refractivity (Wildman–Crippen MR) is 133 cm³/mol.